The van der Waals surface area contributed by atoms with Crippen molar-refractivity contribution in [2.24, 2.45) is 35.5 Å². The number of ether oxygens (including phenoxy) is 12. The van der Waals surface area contributed by atoms with E-state index in [-0.39, 0.29) is 160 Å². The zero-order chi connectivity index (χ0) is 111. The molecule has 3 unspecified atom stereocenters. The average molecular weight is 2130 g/mol. The van der Waals surface area contributed by atoms with Gasteiger partial charge in [-0.15, -0.1) is 0 Å². The van der Waals surface area contributed by atoms with Crippen molar-refractivity contribution < 1.29 is 120 Å². The molecule has 6 saturated heterocycles. The first-order valence-electron chi connectivity index (χ1n) is 50.9. The van der Waals surface area contributed by atoms with Crippen molar-refractivity contribution in [3.05, 3.63) is 194 Å². The van der Waals surface area contributed by atoms with Crippen molar-refractivity contribution in [1.82, 2.24) is 30.7 Å². The number of ketones is 1. The number of epoxide rings is 3. The molecule has 37 heteroatoms. The van der Waals surface area contributed by atoms with Gasteiger partial charge in [-0.05, 0) is 174 Å². The topological polar surface area (TPSA) is 408 Å². The highest BCUT2D eigenvalue weighted by atomic mass is 35.5. The molecule has 6 fully saturated rings. The predicted octanol–water partition coefficient (Wildman–Crippen LogP) is 14.0. The average Bonchev–Trinajstić information content (AvgIpc) is 1.58. The maximum Gasteiger partial charge on any atom is 0.328 e. The first-order valence-corrected chi connectivity index (χ1v) is 52.0. The Hall–Kier alpha value is -10.5. The van der Waals surface area contributed by atoms with Crippen molar-refractivity contribution in [1.29, 1.82) is 0 Å². The van der Waals surface area contributed by atoms with Crippen LogP contribution in [0.5, 0.6) is 0 Å². The molecule has 9 aliphatic heterocycles. The Labute approximate surface area is 892 Å². The predicted molar refractivity (Wildman–Crippen MR) is 568 cm³/mol. The number of aryl methyl sites for hydroxylation is 3. The number of allylic oxidation sites excluding steroid dienone is 9. The second-order valence-electron chi connectivity index (χ2n) is 42.4. The van der Waals surface area contributed by atoms with Crippen molar-refractivity contribution in [2.75, 3.05) is 97.6 Å². The van der Waals surface area contributed by atoms with Crippen molar-refractivity contribution in [3.63, 3.8) is 0 Å². The van der Waals surface area contributed by atoms with Gasteiger partial charge < -0.3 is 118 Å². The van der Waals surface area contributed by atoms with E-state index in [1.165, 1.54) is 71.7 Å². The fraction of sp³-hybridized carbons (Fsp3) is 0.589. The highest BCUT2D eigenvalue weighted by Gasteiger charge is 2.68. The molecule has 0 aliphatic carbocycles. The van der Waals surface area contributed by atoms with E-state index in [0.717, 1.165) is 50.1 Å². The van der Waals surface area contributed by atoms with E-state index in [0.29, 0.717) is 51.4 Å². The highest BCUT2D eigenvalue weighted by Crippen LogP contribution is 2.54. The third-order valence-corrected chi connectivity index (χ3v) is 32.4. The van der Waals surface area contributed by atoms with Gasteiger partial charge in [-0.3, -0.25) is 33.6 Å². The van der Waals surface area contributed by atoms with Gasteiger partial charge in [-0.25, -0.2) is 14.4 Å². The number of amides is 6. The summed E-state index contributed by atoms with van der Waals surface area (Å²) in [5, 5.41) is 45.7. The minimum absolute atomic E-state index is 0.106. The molecule has 0 spiro atoms. The van der Waals surface area contributed by atoms with Gasteiger partial charge in [-0.2, -0.15) is 0 Å². The van der Waals surface area contributed by atoms with Crippen molar-refractivity contribution in [2.45, 2.75) is 309 Å². The molecular weight excluding hydrogens is 1980 g/mol. The number of carbonyl (C=O) groups excluding carboxylic acids is 10. The number of nitrogens with zero attached hydrogens (tertiary/aromatic N) is 6. The van der Waals surface area contributed by atoms with Crippen LogP contribution in [0.1, 0.15) is 196 Å². The molecule has 820 valence electrons. The maximum atomic E-state index is 14.1. The molecule has 24 atom stereocenters. The zero-order valence-electron chi connectivity index (χ0n) is 91.4. The van der Waals surface area contributed by atoms with E-state index in [1.54, 1.807) is 62.7 Å². The summed E-state index contributed by atoms with van der Waals surface area (Å²) in [6.45, 7) is 46.4. The van der Waals surface area contributed by atoms with Crippen molar-refractivity contribution in [3.8, 4) is 0 Å². The Bertz CT molecular complexity index is 5710. The summed E-state index contributed by atoms with van der Waals surface area (Å²) in [6, 6.07) is 8.71. The number of esters is 3. The molecule has 6 amide bonds. The molecule has 6 N–H and O–H groups in total. The van der Waals surface area contributed by atoms with E-state index in [9.17, 15) is 63.3 Å². The van der Waals surface area contributed by atoms with Crippen LogP contribution in [0.15, 0.2) is 145 Å². The van der Waals surface area contributed by atoms with E-state index < -0.39 is 137 Å². The van der Waals surface area contributed by atoms with Crippen LogP contribution in [0, 0.1) is 56.3 Å². The standard InChI is InChI=1S/C39H54ClN3O9.C37H52ClN3O8.C36H50ClN3O8/c1-11-29(44)20-49-21-34(46)42(9)26(6)37(47)51-32-18-33(45)43(10)30-17-28(16-23(3)35(30)40)15-22(2)13-12-14-24(4)39(48)19-31(50-27(7)41-39)25(5)36-38(32,8)52-36;1-21-12-11-13-23(3)37(45)20-29(47-26(6)39-37)24(4)34-36(7,49-34)30(48-35(44)25(5)40(8)31(42)14-15-46-10)19-32(43)41(9)28-18-27(16-21)17-22(2)33(28)38;1-20-12-11-13-22(3)36(44)18-28(46-25(6)38-36)23(4)33-35(7,48-33)29(47-34(43)24(5)39(8)31(42)19-45-10)17-30(41)40(9)27-16-26(14-20)15-21(2)32(27)37/h12-14,16-17,24-26,31-32,36,41,48H,7,11,15,18-21H2,1-6,8-10H3;11-13,17-18,23-25,29-30,34,39,45H,6,14-16,19-20H2,1-5,7-10H3;11-13,15-16,22-24,28-29,33,38,44H,6,14,17-19H2,1-5,7-10H3/b14-12+,22-13+;13-11+,21-12+;13-11+,20-12+/t24-,25-,26?,31+,32+,36+,38+,39+;23-,24-,25?,29+,30+,34+,36+,37+;22-,23-,24?,28+,29+,33+,35+,36+/m111/s1. The third kappa shape index (κ3) is 28.9. The number of likely N-dealkylation sites (N-methyl/N-ethyl adjacent to an activating group) is 3. The lowest BCUT2D eigenvalue weighted by molar-refractivity contribution is -0.163. The molecule has 9 aliphatic rings. The fourth-order valence-corrected chi connectivity index (χ4v) is 20.6. The number of halogens is 3. The van der Waals surface area contributed by atoms with Gasteiger partial charge in [0.2, 0.25) is 35.4 Å². The van der Waals surface area contributed by atoms with Gasteiger partial charge in [0.1, 0.15) is 109 Å². The Kier molecular flexibility index (Phi) is 40.4. The van der Waals surface area contributed by atoms with Gasteiger partial charge in [0.25, 0.3) is 0 Å². The van der Waals surface area contributed by atoms with Crippen LogP contribution in [0.25, 0.3) is 0 Å². The van der Waals surface area contributed by atoms with Crippen LogP contribution in [0.2, 0.25) is 15.1 Å². The van der Waals surface area contributed by atoms with Crippen LogP contribution in [0.4, 0.5) is 17.1 Å². The minimum Gasteiger partial charge on any atom is -0.476 e. The Morgan fingerprint density at radius 3 is 1.01 bits per heavy atom. The monoisotopic (exact) mass is 2130 g/mol. The van der Waals surface area contributed by atoms with E-state index in [2.05, 4.69) is 35.7 Å². The largest absolute Gasteiger partial charge is 0.476 e. The number of anilines is 3. The first kappa shape index (κ1) is 120. The minimum atomic E-state index is -1.37. The lowest BCUT2D eigenvalue weighted by atomic mass is 9.82. The van der Waals surface area contributed by atoms with Crippen LogP contribution in [0.3, 0.4) is 0 Å². The molecular formula is C112H156Cl3N9O25. The summed E-state index contributed by atoms with van der Waals surface area (Å²) in [5.74, 6) is -5.66. The normalized spacial score (nSPS) is 32.5. The van der Waals surface area contributed by atoms with Crippen LogP contribution < -0.4 is 30.7 Å². The van der Waals surface area contributed by atoms with Gasteiger partial charge in [0, 0.05) is 118 Å². The molecule has 149 heavy (non-hydrogen) atoms. The molecule has 12 rings (SSSR count). The Morgan fingerprint density at radius 2 is 0.738 bits per heavy atom. The zero-order valence-corrected chi connectivity index (χ0v) is 93.7. The smallest absolute Gasteiger partial charge is 0.328 e. The number of Topliss-reactive ketones (excluding diaryl/α,β-unsaturated/α-hetero) is 1. The number of hydrogen-bond acceptors (Lipinski definition) is 28. The van der Waals surface area contributed by atoms with Crippen LogP contribution in [-0.4, -0.2) is 279 Å². The lowest BCUT2D eigenvalue weighted by Gasteiger charge is -2.44. The molecule has 12 bridgehead atoms. The Morgan fingerprint density at radius 1 is 0.456 bits per heavy atom. The van der Waals surface area contributed by atoms with Gasteiger partial charge >= 0.3 is 17.9 Å². The number of nitrogens with one attached hydrogen (secondary N) is 3. The maximum absolute atomic E-state index is 14.1. The number of methoxy groups -OCH3 is 2. The summed E-state index contributed by atoms with van der Waals surface area (Å²) in [4.78, 5) is 141. The fourth-order valence-electron chi connectivity index (χ4n) is 19.9. The van der Waals surface area contributed by atoms with E-state index >= 15 is 0 Å². The second kappa shape index (κ2) is 50.0. The van der Waals surface area contributed by atoms with Crippen LogP contribution >= 0.6 is 34.8 Å². The molecule has 34 nitrogen and oxygen atoms in total. The number of fused-ring (bicyclic) bond motifs is 15. The van der Waals surface area contributed by atoms with Crippen molar-refractivity contribution >= 4 is 111 Å². The Balaban J connectivity index is 0.000000229. The molecule has 0 radical (unpaired) electrons. The molecule has 9 heterocycles. The van der Waals surface area contributed by atoms with Gasteiger partial charge in [0.15, 0.2) is 23.4 Å². The summed E-state index contributed by atoms with van der Waals surface area (Å²) < 4.78 is 70.6. The highest BCUT2D eigenvalue weighted by molar-refractivity contribution is 6.35. The number of rotatable bonds is 19. The van der Waals surface area contributed by atoms with E-state index in [1.807, 2.05) is 174 Å². The SMILES string of the molecule is C=C1N[C@]2(O)C[C@H](O1)[C@@H](C)[C@@H]1O[C@@]1(C)[C@@H](OC(=O)C(C)N(C)C(=O)CCOC)CC(=O)N(C)c1cc(cc(C)c1Cl)C/C(C)=C/C=C/[C@H]2C.C=C1N[C@]2(O)C[C@H](O1)[C@@H](C)[C@@H]1O[C@@]1(C)[C@@H](OC(=O)C(C)N(C)C(=O)COC)CC(=O)N(C)c1cc(cc(C)c1Cl)C/C(C)=C/C=C/[C@H]2C.C=C1N[C@]2(O)C[C@H](O1)[C@@H](C)[C@@H]1O[C@@]1(C)[C@@H](OC(=O)C(C)N(C)C(=O)COCC(=O)CC)CC(=O)N(C)c1cc(cc(C)c1Cl)C/C(C)=C/C=C/[C@H]2C. The summed E-state index contributed by atoms with van der Waals surface area (Å²) in [6.07, 6.45) is 13.7. The van der Waals surface area contributed by atoms with Gasteiger partial charge in [-0.1, -0.05) is 173 Å². The van der Waals surface area contributed by atoms with Gasteiger partial charge in [0.05, 0.1) is 82.7 Å². The quantitative estimate of drug-likeness (QED) is 0.0369. The number of aliphatic hydroxyl groups is 3. The molecule has 3 aromatic carbocycles. The third-order valence-electron chi connectivity index (χ3n) is 30.9. The molecule has 3 aromatic rings. The number of benzene rings is 3. The molecule has 0 saturated carbocycles. The molecule has 0 aromatic heterocycles. The summed E-state index contributed by atoms with van der Waals surface area (Å²) in [5.41, 5.74) is 2.79. The summed E-state index contributed by atoms with van der Waals surface area (Å²) in [7, 11) is 12.3. The summed E-state index contributed by atoms with van der Waals surface area (Å²) >= 11 is 20.3. The van der Waals surface area contributed by atoms with Crippen LogP contribution in [-0.2, 0) is 124 Å². The number of hydrogen-bond donors (Lipinski definition) is 6. The first-order chi connectivity index (χ1) is 69.6. The number of carbonyl (C=O) groups is 10. The van der Waals surface area contributed by atoms with E-state index in [4.69, 9.17) is 91.6 Å². The lowest BCUT2D eigenvalue weighted by Crippen LogP contribution is -2.57. The second-order valence-corrected chi connectivity index (χ2v) is 43.6.